The molecule has 2 rings (SSSR count). The van der Waals surface area contributed by atoms with Gasteiger partial charge in [0.25, 0.3) is 0 Å². The van der Waals surface area contributed by atoms with Crippen LogP contribution in [0.15, 0.2) is 18.2 Å². The van der Waals surface area contributed by atoms with Crippen LogP contribution in [0.5, 0.6) is 5.75 Å². The van der Waals surface area contributed by atoms with Crippen LogP contribution in [0.25, 0.3) is 0 Å². The van der Waals surface area contributed by atoms with Crippen molar-refractivity contribution in [3.8, 4) is 5.75 Å². The van der Waals surface area contributed by atoms with Crippen LogP contribution in [0.2, 0.25) is 0 Å². The lowest BCUT2D eigenvalue weighted by molar-refractivity contribution is 0.122. The Bertz CT molecular complexity index is 449. The van der Waals surface area contributed by atoms with Crippen LogP contribution in [-0.2, 0) is 0 Å². The number of para-hydroxylation sites is 1. The summed E-state index contributed by atoms with van der Waals surface area (Å²) in [5, 5.41) is 3.42. The number of hydrogen-bond donors (Lipinski definition) is 1. The molecule has 0 amide bonds. The van der Waals surface area contributed by atoms with E-state index >= 15 is 0 Å². The molecule has 1 aliphatic rings. The first kappa shape index (κ1) is 16.3. The number of rotatable bonds is 6. The van der Waals surface area contributed by atoms with Crippen molar-refractivity contribution in [2.45, 2.75) is 65.0 Å². The van der Waals surface area contributed by atoms with Crippen LogP contribution in [-0.4, -0.2) is 12.6 Å². The number of benzene rings is 1. The number of hydrogen-bond acceptors (Lipinski definition) is 2. The molecule has 0 radical (unpaired) electrons. The van der Waals surface area contributed by atoms with Gasteiger partial charge in [-0.05, 0) is 51.1 Å². The maximum atomic E-state index is 14.2. The quantitative estimate of drug-likeness (QED) is 0.810. The normalized spacial score (nSPS) is 23.8. The van der Waals surface area contributed by atoms with Crippen molar-refractivity contribution >= 4 is 0 Å². The molecule has 0 aromatic heterocycles. The van der Waals surface area contributed by atoms with Crippen LogP contribution >= 0.6 is 0 Å². The molecule has 118 valence electrons. The number of ether oxygens (including phenoxy) is 1. The Labute approximate surface area is 128 Å². The van der Waals surface area contributed by atoms with E-state index in [1.807, 2.05) is 6.07 Å². The van der Waals surface area contributed by atoms with E-state index in [-0.39, 0.29) is 18.0 Å². The second-order valence-corrected chi connectivity index (χ2v) is 6.35. The third kappa shape index (κ3) is 4.44. The second kappa shape index (κ2) is 7.79. The van der Waals surface area contributed by atoms with Gasteiger partial charge in [-0.2, -0.15) is 0 Å². The summed E-state index contributed by atoms with van der Waals surface area (Å²) in [5.74, 6) is 0.887. The largest absolute Gasteiger partial charge is 0.487 e. The van der Waals surface area contributed by atoms with Crippen molar-refractivity contribution in [3.63, 3.8) is 0 Å². The third-order valence-electron chi connectivity index (χ3n) is 4.34. The summed E-state index contributed by atoms with van der Waals surface area (Å²) < 4.78 is 20.3. The summed E-state index contributed by atoms with van der Waals surface area (Å²) in [6.07, 6.45) is 5.73. The lowest BCUT2D eigenvalue weighted by atomic mass is 9.88. The minimum Gasteiger partial charge on any atom is -0.487 e. The topological polar surface area (TPSA) is 21.3 Å². The average Bonchev–Trinajstić information content (AvgIpc) is 2.47. The van der Waals surface area contributed by atoms with Gasteiger partial charge in [0.1, 0.15) is 0 Å². The predicted molar refractivity (Wildman–Crippen MR) is 85.2 cm³/mol. The van der Waals surface area contributed by atoms with E-state index in [9.17, 15) is 4.39 Å². The Morgan fingerprint density at radius 1 is 1.38 bits per heavy atom. The van der Waals surface area contributed by atoms with E-state index in [1.165, 1.54) is 18.9 Å². The summed E-state index contributed by atoms with van der Waals surface area (Å²) in [5.41, 5.74) is 0.932. The van der Waals surface area contributed by atoms with Crippen molar-refractivity contribution in [2.75, 3.05) is 6.54 Å². The molecule has 0 bridgehead atoms. The Kier molecular flexibility index (Phi) is 6.04. The van der Waals surface area contributed by atoms with Gasteiger partial charge in [0.05, 0.1) is 6.10 Å². The van der Waals surface area contributed by atoms with Crippen molar-refractivity contribution < 1.29 is 9.13 Å². The maximum Gasteiger partial charge on any atom is 0.165 e. The van der Waals surface area contributed by atoms with E-state index in [0.717, 1.165) is 31.4 Å². The van der Waals surface area contributed by atoms with Crippen molar-refractivity contribution in [1.82, 2.24) is 5.32 Å². The van der Waals surface area contributed by atoms with Gasteiger partial charge in [0, 0.05) is 11.6 Å². The minimum atomic E-state index is -0.240. The lowest BCUT2D eigenvalue weighted by Gasteiger charge is -2.29. The first-order valence-electron chi connectivity index (χ1n) is 8.30. The molecular weight excluding hydrogens is 265 g/mol. The number of nitrogens with one attached hydrogen (secondary N) is 1. The summed E-state index contributed by atoms with van der Waals surface area (Å²) in [7, 11) is 0. The molecular formula is C18H28FNO. The molecule has 1 aromatic carbocycles. The maximum absolute atomic E-state index is 14.2. The zero-order valence-corrected chi connectivity index (χ0v) is 13.5. The molecule has 0 aliphatic heterocycles. The molecule has 0 spiro atoms. The lowest BCUT2D eigenvalue weighted by Crippen LogP contribution is -2.26. The molecule has 1 N–H and O–H groups in total. The fraction of sp³-hybridized carbons (Fsp3) is 0.667. The Hall–Kier alpha value is -1.09. The highest BCUT2D eigenvalue weighted by atomic mass is 19.1. The summed E-state index contributed by atoms with van der Waals surface area (Å²) in [6, 6.07) is 5.34. The van der Waals surface area contributed by atoms with Gasteiger partial charge in [-0.25, -0.2) is 4.39 Å². The van der Waals surface area contributed by atoms with Crippen LogP contribution in [0.4, 0.5) is 4.39 Å². The highest BCUT2D eigenvalue weighted by Crippen LogP contribution is 2.33. The van der Waals surface area contributed by atoms with E-state index in [1.54, 1.807) is 6.07 Å². The van der Waals surface area contributed by atoms with Gasteiger partial charge in [0.15, 0.2) is 11.6 Å². The zero-order valence-electron chi connectivity index (χ0n) is 13.5. The van der Waals surface area contributed by atoms with Crippen molar-refractivity contribution in [3.05, 3.63) is 29.6 Å². The highest BCUT2D eigenvalue weighted by molar-refractivity contribution is 5.37. The summed E-state index contributed by atoms with van der Waals surface area (Å²) >= 11 is 0. The van der Waals surface area contributed by atoms with E-state index in [4.69, 9.17) is 4.74 Å². The Morgan fingerprint density at radius 2 is 2.19 bits per heavy atom. The summed E-state index contributed by atoms with van der Waals surface area (Å²) in [4.78, 5) is 0. The molecule has 3 atom stereocenters. The predicted octanol–water partition coefficient (Wildman–Crippen LogP) is 4.84. The number of halogens is 1. The van der Waals surface area contributed by atoms with Gasteiger partial charge in [-0.15, -0.1) is 0 Å². The van der Waals surface area contributed by atoms with Crippen molar-refractivity contribution in [1.29, 1.82) is 0 Å². The van der Waals surface area contributed by atoms with E-state index < -0.39 is 0 Å². The van der Waals surface area contributed by atoms with Gasteiger partial charge >= 0.3 is 0 Å². The van der Waals surface area contributed by atoms with Crippen LogP contribution in [0.1, 0.15) is 64.5 Å². The standard InChI is InChI=1S/C18H28FNO/c1-4-11-20-14(3)16-9-6-10-17(19)18(16)21-15-8-5-7-13(2)12-15/h6,9-10,13-15,20H,4-5,7-8,11-12H2,1-3H3. The first-order chi connectivity index (χ1) is 10.1. The first-order valence-corrected chi connectivity index (χ1v) is 8.30. The molecule has 0 saturated heterocycles. The fourth-order valence-corrected chi connectivity index (χ4v) is 3.11. The molecule has 1 aliphatic carbocycles. The minimum absolute atomic E-state index is 0.108. The van der Waals surface area contributed by atoms with Gasteiger partial charge in [-0.1, -0.05) is 32.4 Å². The molecule has 2 nitrogen and oxygen atoms in total. The molecule has 3 unspecified atom stereocenters. The molecule has 1 saturated carbocycles. The molecule has 1 fully saturated rings. The van der Waals surface area contributed by atoms with Crippen LogP contribution in [0, 0.1) is 11.7 Å². The Morgan fingerprint density at radius 3 is 2.90 bits per heavy atom. The zero-order chi connectivity index (χ0) is 15.2. The summed E-state index contributed by atoms with van der Waals surface area (Å²) in [6.45, 7) is 7.38. The second-order valence-electron chi connectivity index (χ2n) is 6.35. The smallest absolute Gasteiger partial charge is 0.165 e. The SMILES string of the molecule is CCCNC(C)c1cccc(F)c1OC1CCCC(C)C1. The molecule has 3 heteroatoms. The van der Waals surface area contributed by atoms with Crippen LogP contribution < -0.4 is 10.1 Å². The van der Waals surface area contributed by atoms with Gasteiger partial charge < -0.3 is 10.1 Å². The van der Waals surface area contributed by atoms with E-state index in [2.05, 4.69) is 26.1 Å². The average molecular weight is 293 g/mol. The molecule has 0 heterocycles. The fourth-order valence-electron chi connectivity index (χ4n) is 3.11. The van der Waals surface area contributed by atoms with Crippen molar-refractivity contribution in [2.24, 2.45) is 5.92 Å². The molecule has 1 aromatic rings. The van der Waals surface area contributed by atoms with Crippen LogP contribution in [0.3, 0.4) is 0 Å². The Balaban J connectivity index is 2.13. The highest BCUT2D eigenvalue weighted by Gasteiger charge is 2.23. The third-order valence-corrected chi connectivity index (χ3v) is 4.34. The van der Waals surface area contributed by atoms with E-state index in [0.29, 0.717) is 11.7 Å². The van der Waals surface area contributed by atoms with Gasteiger partial charge in [0.2, 0.25) is 0 Å². The van der Waals surface area contributed by atoms with Gasteiger partial charge in [-0.3, -0.25) is 0 Å². The monoisotopic (exact) mass is 293 g/mol. The molecule has 21 heavy (non-hydrogen) atoms.